The number of hydrogen-bond donors (Lipinski definition) is 1. The smallest absolute Gasteiger partial charge is 0.177 e. The first-order chi connectivity index (χ1) is 14.2. The third-order valence-corrected chi connectivity index (χ3v) is 5.82. The van der Waals surface area contributed by atoms with Gasteiger partial charge in [-0.2, -0.15) is 0 Å². The minimum atomic E-state index is -0.343. The van der Waals surface area contributed by atoms with E-state index in [-0.39, 0.29) is 17.5 Å². The first-order valence-electron chi connectivity index (χ1n) is 10.7. The molecule has 4 rings (SSSR count). The van der Waals surface area contributed by atoms with Crippen molar-refractivity contribution in [2.75, 3.05) is 32.8 Å². The molecule has 1 atom stereocenters. The number of Topliss-reactive ketones (excluding diaryl/α,β-unsaturated/α-hetero) is 1. The summed E-state index contributed by atoms with van der Waals surface area (Å²) >= 11 is 0. The zero-order valence-electron chi connectivity index (χ0n) is 16.8. The zero-order valence-corrected chi connectivity index (χ0v) is 16.8. The van der Waals surface area contributed by atoms with Crippen LogP contribution in [0.3, 0.4) is 0 Å². The van der Waals surface area contributed by atoms with Crippen molar-refractivity contribution in [1.82, 2.24) is 4.90 Å². The molecule has 0 bridgehead atoms. The van der Waals surface area contributed by atoms with Gasteiger partial charge in [0.15, 0.2) is 5.78 Å². The SMILES string of the molecule is O=C1c2ccc(OCCCCN3CCCCC3)cc2OCC1c1ccc(O)cc1. The Bertz CT molecular complexity index is 827. The Morgan fingerprint density at radius 2 is 1.83 bits per heavy atom. The molecule has 2 aliphatic heterocycles. The Labute approximate surface area is 172 Å². The molecule has 2 aromatic carbocycles. The minimum absolute atomic E-state index is 0.0463. The molecule has 1 saturated heterocycles. The number of ketones is 1. The molecule has 154 valence electrons. The van der Waals surface area contributed by atoms with Crippen LogP contribution >= 0.6 is 0 Å². The van der Waals surface area contributed by atoms with E-state index in [4.69, 9.17) is 9.47 Å². The highest BCUT2D eigenvalue weighted by Crippen LogP contribution is 2.35. The van der Waals surface area contributed by atoms with E-state index < -0.39 is 0 Å². The van der Waals surface area contributed by atoms with Crippen molar-refractivity contribution < 1.29 is 19.4 Å². The number of hydrogen-bond acceptors (Lipinski definition) is 5. The van der Waals surface area contributed by atoms with Crippen LogP contribution in [0, 0.1) is 0 Å². The van der Waals surface area contributed by atoms with Crippen molar-refractivity contribution in [3.8, 4) is 17.2 Å². The van der Waals surface area contributed by atoms with E-state index in [1.807, 2.05) is 12.1 Å². The second kappa shape index (κ2) is 9.31. The molecule has 2 heterocycles. The second-order valence-corrected chi connectivity index (χ2v) is 7.94. The lowest BCUT2D eigenvalue weighted by Gasteiger charge is -2.26. The van der Waals surface area contributed by atoms with Crippen LogP contribution in [0.2, 0.25) is 0 Å². The average Bonchev–Trinajstić information content (AvgIpc) is 2.75. The Morgan fingerprint density at radius 1 is 1.03 bits per heavy atom. The summed E-state index contributed by atoms with van der Waals surface area (Å²) < 4.78 is 11.8. The van der Waals surface area contributed by atoms with Crippen LogP contribution < -0.4 is 9.47 Å². The summed E-state index contributed by atoms with van der Waals surface area (Å²) in [5.41, 5.74) is 1.44. The van der Waals surface area contributed by atoms with Gasteiger partial charge in [0, 0.05) is 6.07 Å². The van der Waals surface area contributed by atoms with Crippen LogP contribution in [0.25, 0.3) is 0 Å². The predicted octanol–water partition coefficient (Wildman–Crippen LogP) is 4.40. The Hall–Kier alpha value is -2.53. The molecule has 5 heteroatoms. The highest BCUT2D eigenvalue weighted by molar-refractivity contribution is 6.04. The zero-order chi connectivity index (χ0) is 20.1. The standard InChI is InChI=1S/C24H29NO4/c26-19-8-6-18(7-9-19)22-17-29-23-16-20(10-11-21(23)24(22)27)28-15-5-4-14-25-12-2-1-3-13-25/h6-11,16,22,26H,1-5,12-15,17H2. The van der Waals surface area contributed by atoms with Crippen molar-refractivity contribution in [3.63, 3.8) is 0 Å². The largest absolute Gasteiger partial charge is 0.508 e. The molecule has 1 fully saturated rings. The lowest BCUT2D eigenvalue weighted by Crippen LogP contribution is -2.30. The Kier molecular flexibility index (Phi) is 6.35. The summed E-state index contributed by atoms with van der Waals surface area (Å²) in [6.45, 7) is 4.61. The first-order valence-corrected chi connectivity index (χ1v) is 10.7. The minimum Gasteiger partial charge on any atom is -0.508 e. The summed E-state index contributed by atoms with van der Waals surface area (Å²) in [6.07, 6.45) is 6.21. The van der Waals surface area contributed by atoms with Crippen LogP contribution in [0.4, 0.5) is 0 Å². The maximum Gasteiger partial charge on any atom is 0.177 e. The third-order valence-electron chi connectivity index (χ3n) is 5.82. The van der Waals surface area contributed by atoms with Gasteiger partial charge >= 0.3 is 0 Å². The van der Waals surface area contributed by atoms with Gasteiger partial charge in [0.2, 0.25) is 0 Å². The van der Waals surface area contributed by atoms with Crippen molar-refractivity contribution in [2.24, 2.45) is 0 Å². The molecule has 1 unspecified atom stereocenters. The van der Waals surface area contributed by atoms with Gasteiger partial charge in [0.1, 0.15) is 23.9 Å². The van der Waals surface area contributed by atoms with Gasteiger partial charge in [-0.1, -0.05) is 18.6 Å². The number of nitrogens with zero attached hydrogens (tertiary/aromatic N) is 1. The van der Waals surface area contributed by atoms with E-state index >= 15 is 0 Å². The molecular formula is C24H29NO4. The molecule has 1 N–H and O–H groups in total. The van der Waals surface area contributed by atoms with Crippen molar-refractivity contribution in [2.45, 2.75) is 38.0 Å². The topological polar surface area (TPSA) is 59.0 Å². The maximum absolute atomic E-state index is 12.9. The van der Waals surface area contributed by atoms with Gasteiger partial charge in [0.25, 0.3) is 0 Å². The van der Waals surface area contributed by atoms with Gasteiger partial charge in [-0.25, -0.2) is 0 Å². The highest BCUT2D eigenvalue weighted by Gasteiger charge is 2.30. The number of phenolic OH excluding ortho intramolecular Hbond substituents is 1. The number of benzene rings is 2. The number of aromatic hydroxyl groups is 1. The van der Waals surface area contributed by atoms with Gasteiger partial charge in [-0.3, -0.25) is 4.79 Å². The Morgan fingerprint density at radius 3 is 2.62 bits per heavy atom. The van der Waals surface area contributed by atoms with Gasteiger partial charge in [-0.15, -0.1) is 0 Å². The van der Waals surface area contributed by atoms with E-state index in [0.717, 1.165) is 30.7 Å². The van der Waals surface area contributed by atoms with Crippen LogP contribution in [-0.4, -0.2) is 48.6 Å². The number of unbranched alkanes of at least 4 members (excludes halogenated alkanes) is 1. The maximum atomic E-state index is 12.9. The normalized spacial score (nSPS) is 19.4. The number of carbonyl (C=O) groups excluding carboxylic acids is 1. The molecule has 0 radical (unpaired) electrons. The summed E-state index contributed by atoms with van der Waals surface area (Å²) in [5.74, 6) is 1.24. The summed E-state index contributed by atoms with van der Waals surface area (Å²) in [4.78, 5) is 15.4. The monoisotopic (exact) mass is 395 g/mol. The summed E-state index contributed by atoms with van der Waals surface area (Å²) in [7, 11) is 0. The van der Waals surface area contributed by atoms with E-state index in [2.05, 4.69) is 4.90 Å². The van der Waals surface area contributed by atoms with E-state index in [1.165, 1.54) is 32.4 Å². The quantitative estimate of drug-likeness (QED) is 0.705. The van der Waals surface area contributed by atoms with E-state index in [0.29, 0.717) is 24.5 Å². The van der Waals surface area contributed by atoms with Crippen LogP contribution in [0.1, 0.15) is 53.9 Å². The number of likely N-dealkylation sites (tertiary alicyclic amines) is 1. The first kappa shape index (κ1) is 19.8. The molecule has 2 aromatic rings. The number of phenols is 1. The number of rotatable bonds is 7. The molecule has 0 amide bonds. The average molecular weight is 395 g/mol. The van der Waals surface area contributed by atoms with Crippen molar-refractivity contribution in [3.05, 3.63) is 53.6 Å². The van der Waals surface area contributed by atoms with E-state index in [1.54, 1.807) is 30.3 Å². The number of carbonyl (C=O) groups is 1. The number of fused-ring (bicyclic) bond motifs is 1. The fourth-order valence-corrected chi connectivity index (χ4v) is 4.12. The molecular weight excluding hydrogens is 366 g/mol. The second-order valence-electron chi connectivity index (χ2n) is 7.94. The fraction of sp³-hybridized carbons (Fsp3) is 0.458. The summed E-state index contributed by atoms with van der Waals surface area (Å²) in [6, 6.07) is 12.2. The lowest BCUT2D eigenvalue weighted by atomic mass is 9.89. The summed E-state index contributed by atoms with van der Waals surface area (Å²) in [5, 5.41) is 9.45. The molecule has 0 saturated carbocycles. The van der Waals surface area contributed by atoms with Crippen molar-refractivity contribution >= 4 is 5.78 Å². The van der Waals surface area contributed by atoms with E-state index in [9.17, 15) is 9.90 Å². The molecule has 0 aromatic heterocycles. The lowest BCUT2D eigenvalue weighted by molar-refractivity contribution is 0.0896. The third kappa shape index (κ3) is 4.91. The van der Waals surface area contributed by atoms with Crippen LogP contribution in [0.5, 0.6) is 17.2 Å². The molecule has 2 aliphatic rings. The van der Waals surface area contributed by atoms with Gasteiger partial charge < -0.3 is 19.5 Å². The molecule has 5 nitrogen and oxygen atoms in total. The number of piperidine rings is 1. The molecule has 29 heavy (non-hydrogen) atoms. The Balaban J connectivity index is 1.29. The predicted molar refractivity (Wildman–Crippen MR) is 112 cm³/mol. The fourth-order valence-electron chi connectivity index (χ4n) is 4.12. The van der Waals surface area contributed by atoms with Gasteiger partial charge in [-0.05, 0) is 75.1 Å². The highest BCUT2D eigenvalue weighted by atomic mass is 16.5. The van der Waals surface area contributed by atoms with Crippen molar-refractivity contribution in [1.29, 1.82) is 0 Å². The van der Waals surface area contributed by atoms with Crippen LogP contribution in [-0.2, 0) is 0 Å². The number of ether oxygens (including phenoxy) is 2. The molecule has 0 aliphatic carbocycles. The van der Waals surface area contributed by atoms with Gasteiger partial charge in [0.05, 0.1) is 18.1 Å². The van der Waals surface area contributed by atoms with Crippen LogP contribution in [0.15, 0.2) is 42.5 Å². The molecule has 0 spiro atoms.